The Balaban J connectivity index is 1.67. The van der Waals surface area contributed by atoms with E-state index in [1.807, 2.05) is 29.6 Å². The van der Waals surface area contributed by atoms with Gasteiger partial charge in [-0.2, -0.15) is 0 Å². The molecule has 2 heterocycles. The van der Waals surface area contributed by atoms with Gasteiger partial charge in [0.25, 0.3) is 5.91 Å². The summed E-state index contributed by atoms with van der Waals surface area (Å²) in [5, 5.41) is 16.5. The summed E-state index contributed by atoms with van der Waals surface area (Å²) in [6, 6.07) is 21.5. The van der Waals surface area contributed by atoms with Gasteiger partial charge in [-0.25, -0.2) is 4.98 Å². The van der Waals surface area contributed by atoms with Crippen LogP contribution in [0.4, 0.5) is 5.13 Å². The molecule has 0 aliphatic carbocycles. The van der Waals surface area contributed by atoms with Gasteiger partial charge in [-0.1, -0.05) is 60.7 Å². The predicted octanol–water partition coefficient (Wildman–Crippen LogP) is 4.08. The lowest BCUT2D eigenvalue weighted by Crippen LogP contribution is -2.41. The number of carbonyl (C=O) groups excluding carboxylic acids is 1. The van der Waals surface area contributed by atoms with Gasteiger partial charge in [0, 0.05) is 23.3 Å². The van der Waals surface area contributed by atoms with Crippen LogP contribution in [-0.2, 0) is 10.4 Å². The Morgan fingerprint density at radius 1 is 0.929 bits per heavy atom. The van der Waals surface area contributed by atoms with E-state index in [1.165, 1.54) is 11.3 Å². The zero-order valence-electron chi connectivity index (χ0n) is 14.8. The maximum absolute atomic E-state index is 13.2. The number of nitrogens with one attached hydrogen (secondary N) is 1. The number of hydrogen-bond donors (Lipinski definition) is 2. The number of aliphatic hydroxyl groups is 1. The smallest absolute Gasteiger partial charge is 0.267 e. The fourth-order valence-electron chi connectivity index (χ4n) is 2.95. The van der Waals surface area contributed by atoms with Crippen LogP contribution < -0.4 is 5.32 Å². The van der Waals surface area contributed by atoms with Crippen molar-refractivity contribution in [3.05, 3.63) is 102 Å². The average molecular weight is 387 g/mol. The Hall–Kier alpha value is -3.35. The summed E-state index contributed by atoms with van der Waals surface area (Å²) in [6.45, 7) is 0. The number of amides is 1. The number of aromatic nitrogens is 2. The Morgan fingerprint density at radius 2 is 1.57 bits per heavy atom. The summed E-state index contributed by atoms with van der Waals surface area (Å²) in [7, 11) is 0. The van der Waals surface area contributed by atoms with Crippen molar-refractivity contribution in [2.24, 2.45) is 0 Å². The van der Waals surface area contributed by atoms with Gasteiger partial charge in [0.05, 0.1) is 5.69 Å². The van der Waals surface area contributed by atoms with Gasteiger partial charge < -0.3 is 5.11 Å². The molecule has 2 aromatic heterocycles. The van der Waals surface area contributed by atoms with Gasteiger partial charge >= 0.3 is 0 Å². The van der Waals surface area contributed by atoms with Gasteiger partial charge in [-0.3, -0.25) is 15.1 Å². The largest absolute Gasteiger partial charge is 0.372 e. The van der Waals surface area contributed by atoms with E-state index in [0.29, 0.717) is 16.3 Å². The Labute approximate surface area is 166 Å². The summed E-state index contributed by atoms with van der Waals surface area (Å²) >= 11 is 1.30. The van der Waals surface area contributed by atoms with Crippen molar-refractivity contribution >= 4 is 22.4 Å². The molecule has 4 aromatic rings. The molecule has 0 atom stereocenters. The van der Waals surface area contributed by atoms with E-state index in [4.69, 9.17) is 0 Å². The van der Waals surface area contributed by atoms with Crippen molar-refractivity contribution < 1.29 is 9.90 Å². The zero-order valence-corrected chi connectivity index (χ0v) is 15.6. The highest BCUT2D eigenvalue weighted by Crippen LogP contribution is 2.32. The number of nitrogens with zero attached hydrogens (tertiary/aromatic N) is 2. The zero-order chi connectivity index (χ0) is 19.4. The quantitative estimate of drug-likeness (QED) is 0.541. The van der Waals surface area contributed by atoms with Gasteiger partial charge in [-0.15, -0.1) is 11.3 Å². The molecular weight excluding hydrogens is 370 g/mol. The molecule has 0 saturated heterocycles. The summed E-state index contributed by atoms with van der Waals surface area (Å²) in [5.41, 5.74) is 0.727. The van der Waals surface area contributed by atoms with Gasteiger partial charge in [0.15, 0.2) is 10.7 Å². The van der Waals surface area contributed by atoms with Crippen LogP contribution >= 0.6 is 11.3 Å². The van der Waals surface area contributed by atoms with Crippen LogP contribution in [0.25, 0.3) is 11.3 Å². The van der Waals surface area contributed by atoms with Crippen LogP contribution in [0.5, 0.6) is 0 Å². The first-order chi connectivity index (χ1) is 13.7. The van der Waals surface area contributed by atoms with E-state index in [2.05, 4.69) is 15.3 Å². The SMILES string of the molecule is O=C(Nc1nc(-c2cccnc2)cs1)C(O)(c1ccccc1)c1ccccc1. The first-order valence-electron chi connectivity index (χ1n) is 8.69. The van der Waals surface area contributed by atoms with Crippen molar-refractivity contribution in [1.82, 2.24) is 9.97 Å². The first kappa shape index (κ1) is 18.0. The fourth-order valence-corrected chi connectivity index (χ4v) is 3.67. The molecule has 0 bridgehead atoms. The lowest BCUT2D eigenvalue weighted by molar-refractivity contribution is -0.131. The van der Waals surface area contributed by atoms with Crippen LogP contribution in [0.3, 0.4) is 0 Å². The molecule has 0 unspecified atom stereocenters. The Morgan fingerprint density at radius 3 is 2.14 bits per heavy atom. The highest BCUT2D eigenvalue weighted by Gasteiger charge is 2.40. The van der Waals surface area contributed by atoms with Gasteiger partial charge in [0.2, 0.25) is 0 Å². The van der Waals surface area contributed by atoms with E-state index in [0.717, 1.165) is 11.3 Å². The average Bonchev–Trinajstić information content (AvgIpc) is 3.23. The molecule has 0 fully saturated rings. The summed E-state index contributed by atoms with van der Waals surface area (Å²) in [5.74, 6) is -0.558. The molecule has 0 radical (unpaired) electrons. The molecule has 4 rings (SSSR count). The van der Waals surface area contributed by atoms with E-state index in [-0.39, 0.29) is 0 Å². The number of thiazole rings is 1. The monoisotopic (exact) mass is 387 g/mol. The lowest BCUT2D eigenvalue weighted by Gasteiger charge is -2.27. The predicted molar refractivity (Wildman–Crippen MR) is 110 cm³/mol. The van der Waals surface area contributed by atoms with Crippen molar-refractivity contribution in [1.29, 1.82) is 0 Å². The topological polar surface area (TPSA) is 75.1 Å². The molecule has 0 saturated carbocycles. The molecular formula is C22H17N3O2S. The van der Waals surface area contributed by atoms with E-state index < -0.39 is 11.5 Å². The minimum absolute atomic E-state index is 0.411. The van der Waals surface area contributed by atoms with E-state index in [1.54, 1.807) is 60.9 Å². The summed E-state index contributed by atoms with van der Waals surface area (Å²) in [4.78, 5) is 21.7. The van der Waals surface area contributed by atoms with Crippen molar-refractivity contribution in [3.8, 4) is 11.3 Å². The highest BCUT2D eigenvalue weighted by atomic mass is 32.1. The van der Waals surface area contributed by atoms with Crippen molar-refractivity contribution in [2.75, 3.05) is 5.32 Å². The third-order valence-electron chi connectivity index (χ3n) is 4.39. The van der Waals surface area contributed by atoms with Crippen molar-refractivity contribution in [2.45, 2.75) is 5.60 Å². The van der Waals surface area contributed by atoms with Crippen LogP contribution in [-0.4, -0.2) is 21.0 Å². The Kier molecular flexibility index (Phi) is 4.97. The molecule has 0 aliphatic rings. The third kappa shape index (κ3) is 3.43. The first-order valence-corrected chi connectivity index (χ1v) is 9.56. The van der Waals surface area contributed by atoms with E-state index in [9.17, 15) is 9.90 Å². The second-order valence-corrected chi connectivity index (χ2v) is 7.03. The minimum Gasteiger partial charge on any atom is -0.372 e. The number of anilines is 1. The number of rotatable bonds is 5. The second-order valence-electron chi connectivity index (χ2n) is 6.18. The minimum atomic E-state index is -1.83. The number of benzene rings is 2. The molecule has 138 valence electrons. The molecule has 0 spiro atoms. The molecule has 6 heteroatoms. The van der Waals surface area contributed by atoms with Gasteiger partial charge in [0.1, 0.15) is 0 Å². The molecule has 1 amide bonds. The second kappa shape index (κ2) is 7.72. The summed E-state index contributed by atoms with van der Waals surface area (Å²) in [6.07, 6.45) is 3.41. The van der Waals surface area contributed by atoms with Gasteiger partial charge in [-0.05, 0) is 23.3 Å². The summed E-state index contributed by atoms with van der Waals surface area (Å²) < 4.78 is 0. The molecule has 0 aliphatic heterocycles. The fraction of sp³-hybridized carbons (Fsp3) is 0.0455. The highest BCUT2D eigenvalue weighted by molar-refractivity contribution is 7.14. The van der Waals surface area contributed by atoms with Crippen LogP contribution in [0.15, 0.2) is 90.6 Å². The maximum atomic E-state index is 13.2. The molecule has 28 heavy (non-hydrogen) atoms. The number of hydrogen-bond acceptors (Lipinski definition) is 5. The molecule has 2 aromatic carbocycles. The maximum Gasteiger partial charge on any atom is 0.267 e. The lowest BCUT2D eigenvalue weighted by atomic mass is 9.85. The van der Waals surface area contributed by atoms with Crippen LogP contribution in [0.1, 0.15) is 11.1 Å². The van der Waals surface area contributed by atoms with E-state index >= 15 is 0 Å². The van der Waals surface area contributed by atoms with Crippen LogP contribution in [0, 0.1) is 0 Å². The number of carbonyl (C=O) groups is 1. The normalized spacial score (nSPS) is 11.2. The number of pyridine rings is 1. The molecule has 5 nitrogen and oxygen atoms in total. The third-order valence-corrected chi connectivity index (χ3v) is 5.15. The molecule has 2 N–H and O–H groups in total. The van der Waals surface area contributed by atoms with Crippen LogP contribution in [0.2, 0.25) is 0 Å². The Bertz CT molecular complexity index is 1030. The van der Waals surface area contributed by atoms with Crippen molar-refractivity contribution in [3.63, 3.8) is 0 Å². The standard InChI is InChI=1S/C22H17N3O2S/c26-20(25-21-24-19(15-28-21)16-8-7-13-23-14-16)22(27,17-9-3-1-4-10-17)18-11-5-2-6-12-18/h1-15,27H,(H,24,25,26).